The number of hydrogen-bond acceptors (Lipinski definition) is 5. The van der Waals surface area contributed by atoms with Crippen LogP contribution in [0.3, 0.4) is 0 Å². The van der Waals surface area contributed by atoms with Crippen molar-refractivity contribution in [2.75, 3.05) is 20.3 Å². The first kappa shape index (κ1) is 24.7. The maximum atomic E-state index is 13.3. The summed E-state index contributed by atoms with van der Waals surface area (Å²) in [6.07, 6.45) is 0.965. The molecule has 0 spiro atoms. The SMILES string of the molecule is COC(C)(C)CC(NC(=O)OCC1c2ccccc2-c2ccccc21)C(=O)N(CC(=O)O)C1CC1. The van der Waals surface area contributed by atoms with Crippen LogP contribution < -0.4 is 5.32 Å². The highest BCUT2D eigenvalue weighted by Gasteiger charge is 2.40. The van der Waals surface area contributed by atoms with Crippen molar-refractivity contribution in [2.45, 2.75) is 56.7 Å². The molecule has 8 nitrogen and oxygen atoms in total. The van der Waals surface area contributed by atoms with Crippen molar-refractivity contribution in [2.24, 2.45) is 0 Å². The minimum absolute atomic E-state index is 0.104. The van der Waals surface area contributed by atoms with Gasteiger partial charge in [-0.15, -0.1) is 0 Å². The van der Waals surface area contributed by atoms with Gasteiger partial charge in [0.25, 0.3) is 0 Å². The number of amides is 2. The molecule has 1 unspecified atom stereocenters. The third-order valence-electron chi connectivity index (χ3n) is 6.76. The van der Waals surface area contributed by atoms with Crippen LogP contribution in [0.15, 0.2) is 48.5 Å². The number of benzene rings is 2. The van der Waals surface area contributed by atoms with Gasteiger partial charge < -0.3 is 24.8 Å². The standard InChI is InChI=1S/C27H32N2O6/c1-27(2,34-3)14-23(25(32)29(15-24(30)31)17-12-13-17)28-26(33)35-16-22-20-10-6-4-8-18(20)19-9-5-7-11-21(19)22/h4-11,17,22-23H,12-16H2,1-3H3,(H,28,33)(H,30,31). The fraction of sp³-hybridized carbons (Fsp3) is 0.444. The zero-order valence-corrected chi connectivity index (χ0v) is 20.3. The van der Waals surface area contributed by atoms with Crippen LogP contribution in [0.2, 0.25) is 0 Å². The van der Waals surface area contributed by atoms with Gasteiger partial charge in [0.15, 0.2) is 0 Å². The number of aliphatic carboxylic acids is 1. The van der Waals surface area contributed by atoms with Crippen LogP contribution in [-0.4, -0.2) is 65.9 Å². The number of rotatable bonds is 10. The summed E-state index contributed by atoms with van der Waals surface area (Å²) < 4.78 is 11.1. The molecule has 2 aromatic rings. The Labute approximate surface area is 205 Å². The van der Waals surface area contributed by atoms with Gasteiger partial charge in [0, 0.05) is 25.5 Å². The second kappa shape index (κ2) is 10.1. The number of nitrogens with one attached hydrogen (secondary N) is 1. The first-order valence-corrected chi connectivity index (χ1v) is 11.9. The van der Waals surface area contributed by atoms with Gasteiger partial charge in [-0.2, -0.15) is 0 Å². The van der Waals surface area contributed by atoms with Crippen LogP contribution >= 0.6 is 0 Å². The first-order chi connectivity index (χ1) is 16.7. The Morgan fingerprint density at radius 1 is 1.06 bits per heavy atom. The Morgan fingerprint density at radius 3 is 2.14 bits per heavy atom. The lowest BCUT2D eigenvalue weighted by Gasteiger charge is -2.31. The Hall–Kier alpha value is -3.39. The van der Waals surface area contributed by atoms with Crippen molar-refractivity contribution < 1.29 is 29.0 Å². The zero-order chi connectivity index (χ0) is 25.2. The van der Waals surface area contributed by atoms with Crippen molar-refractivity contribution >= 4 is 18.0 Å². The van der Waals surface area contributed by atoms with Crippen LogP contribution in [0.4, 0.5) is 4.79 Å². The van der Waals surface area contributed by atoms with Gasteiger partial charge in [-0.05, 0) is 48.9 Å². The van der Waals surface area contributed by atoms with E-state index in [1.54, 1.807) is 0 Å². The largest absolute Gasteiger partial charge is 0.480 e. The molecule has 35 heavy (non-hydrogen) atoms. The van der Waals surface area contributed by atoms with Crippen molar-refractivity contribution in [3.63, 3.8) is 0 Å². The average molecular weight is 481 g/mol. The van der Waals surface area contributed by atoms with E-state index in [1.165, 1.54) is 12.0 Å². The zero-order valence-electron chi connectivity index (χ0n) is 20.3. The van der Waals surface area contributed by atoms with Gasteiger partial charge in [-0.1, -0.05) is 48.5 Å². The second-order valence-corrected chi connectivity index (χ2v) is 9.78. The minimum Gasteiger partial charge on any atom is -0.480 e. The number of nitrogens with zero attached hydrogens (tertiary/aromatic N) is 1. The molecular formula is C27H32N2O6. The summed E-state index contributed by atoms with van der Waals surface area (Å²) in [6.45, 7) is 3.34. The van der Waals surface area contributed by atoms with Crippen LogP contribution in [0.1, 0.15) is 50.2 Å². The molecule has 0 aliphatic heterocycles. The monoisotopic (exact) mass is 480 g/mol. The van der Waals surface area contributed by atoms with Crippen molar-refractivity contribution in [1.29, 1.82) is 0 Å². The molecule has 8 heteroatoms. The van der Waals surface area contributed by atoms with E-state index in [0.29, 0.717) is 0 Å². The van der Waals surface area contributed by atoms with Crippen LogP contribution in [-0.2, 0) is 19.1 Å². The lowest BCUT2D eigenvalue weighted by atomic mass is 9.97. The molecule has 1 atom stereocenters. The molecule has 0 heterocycles. The molecule has 2 aromatic carbocycles. The maximum Gasteiger partial charge on any atom is 0.407 e. The molecule has 1 saturated carbocycles. The summed E-state index contributed by atoms with van der Waals surface area (Å²) in [6, 6.07) is 15.0. The second-order valence-electron chi connectivity index (χ2n) is 9.78. The molecule has 2 amide bonds. The molecule has 2 aliphatic rings. The predicted molar refractivity (Wildman–Crippen MR) is 130 cm³/mol. The molecule has 1 fully saturated rings. The first-order valence-electron chi connectivity index (χ1n) is 11.9. The van der Waals surface area contributed by atoms with E-state index in [-0.39, 0.29) is 25.0 Å². The summed E-state index contributed by atoms with van der Waals surface area (Å²) in [5, 5.41) is 12.0. The molecule has 186 valence electrons. The molecule has 4 rings (SSSR count). The number of alkyl carbamates (subject to hydrolysis) is 1. The number of fused-ring (bicyclic) bond motifs is 3. The van der Waals surface area contributed by atoms with Crippen molar-refractivity contribution in [1.82, 2.24) is 10.2 Å². The topological polar surface area (TPSA) is 105 Å². The third-order valence-corrected chi connectivity index (χ3v) is 6.76. The van der Waals surface area contributed by atoms with Gasteiger partial charge in [0.2, 0.25) is 5.91 Å². The normalized spacial score (nSPS) is 15.6. The minimum atomic E-state index is -1.09. The number of ether oxygens (including phenoxy) is 2. The predicted octanol–water partition coefficient (Wildman–Crippen LogP) is 3.78. The molecule has 0 saturated heterocycles. The summed E-state index contributed by atoms with van der Waals surface area (Å²) in [4.78, 5) is 38.9. The van der Waals surface area contributed by atoms with E-state index >= 15 is 0 Å². The third kappa shape index (κ3) is 5.65. The Bertz CT molecular complexity index is 1060. The number of hydrogen-bond donors (Lipinski definition) is 2. The smallest absolute Gasteiger partial charge is 0.407 e. The molecule has 2 N–H and O–H groups in total. The van der Waals surface area contributed by atoms with Gasteiger partial charge in [-0.3, -0.25) is 9.59 Å². The van der Waals surface area contributed by atoms with Gasteiger partial charge in [-0.25, -0.2) is 4.79 Å². The summed E-state index contributed by atoms with van der Waals surface area (Å²) >= 11 is 0. The molecule has 0 bridgehead atoms. The Morgan fingerprint density at radius 2 is 1.63 bits per heavy atom. The Balaban J connectivity index is 1.47. The highest BCUT2D eigenvalue weighted by atomic mass is 16.5. The van der Waals surface area contributed by atoms with Crippen LogP contribution in [0.5, 0.6) is 0 Å². The molecule has 0 radical (unpaired) electrons. The lowest BCUT2D eigenvalue weighted by molar-refractivity contribution is -0.146. The fourth-order valence-electron chi connectivity index (χ4n) is 4.68. The number of methoxy groups -OCH3 is 1. The van der Waals surface area contributed by atoms with E-state index < -0.39 is 36.2 Å². The average Bonchev–Trinajstić information content (AvgIpc) is 3.63. The number of carbonyl (C=O) groups is 3. The van der Waals surface area contributed by atoms with E-state index in [2.05, 4.69) is 17.4 Å². The van der Waals surface area contributed by atoms with Gasteiger partial charge >= 0.3 is 12.1 Å². The summed E-state index contributed by atoms with van der Waals surface area (Å²) in [5.41, 5.74) is 3.73. The number of carboxylic acids is 1. The quantitative estimate of drug-likeness (QED) is 0.536. The highest BCUT2D eigenvalue weighted by Crippen LogP contribution is 2.44. The van der Waals surface area contributed by atoms with Crippen molar-refractivity contribution in [3.8, 4) is 11.1 Å². The molecule has 0 aromatic heterocycles. The summed E-state index contributed by atoms with van der Waals surface area (Å²) in [5.74, 6) is -1.63. The summed E-state index contributed by atoms with van der Waals surface area (Å²) in [7, 11) is 1.53. The molecular weight excluding hydrogens is 448 g/mol. The van der Waals surface area contributed by atoms with E-state index in [0.717, 1.165) is 35.1 Å². The van der Waals surface area contributed by atoms with E-state index in [1.807, 2.05) is 50.2 Å². The number of carbonyl (C=O) groups excluding carboxylic acids is 2. The molecule has 2 aliphatic carbocycles. The van der Waals surface area contributed by atoms with E-state index in [9.17, 15) is 19.5 Å². The fourth-order valence-corrected chi connectivity index (χ4v) is 4.68. The van der Waals surface area contributed by atoms with Gasteiger partial charge in [0.05, 0.1) is 5.60 Å². The van der Waals surface area contributed by atoms with Crippen LogP contribution in [0, 0.1) is 0 Å². The van der Waals surface area contributed by atoms with Gasteiger partial charge in [0.1, 0.15) is 19.2 Å². The van der Waals surface area contributed by atoms with Crippen LogP contribution in [0.25, 0.3) is 11.1 Å². The number of carboxylic acid groups (broad SMARTS) is 1. The highest BCUT2D eigenvalue weighted by molar-refractivity contribution is 5.88. The Kier molecular flexibility index (Phi) is 7.12. The lowest BCUT2D eigenvalue weighted by Crippen LogP contribution is -2.53. The van der Waals surface area contributed by atoms with Crippen molar-refractivity contribution in [3.05, 3.63) is 59.7 Å². The van der Waals surface area contributed by atoms with E-state index in [4.69, 9.17) is 9.47 Å². The maximum absolute atomic E-state index is 13.3.